The van der Waals surface area contributed by atoms with Crippen molar-refractivity contribution in [3.05, 3.63) is 15.6 Å². The van der Waals surface area contributed by atoms with E-state index in [1.54, 1.807) is 0 Å². The summed E-state index contributed by atoms with van der Waals surface area (Å²) in [5.74, 6) is 0. The number of likely N-dealkylation sites (N-methyl/N-ethyl adjacent to an activating group) is 2. The molecule has 5 heteroatoms. The van der Waals surface area contributed by atoms with Crippen LogP contribution in [-0.2, 0) is 13.0 Å². The number of nitrogens with zero attached hydrogens (tertiary/aromatic N) is 3. The molecule has 102 valence electrons. The maximum atomic E-state index is 4.87. The molecule has 1 aliphatic rings. The molecule has 2 rings (SSSR count). The lowest BCUT2D eigenvalue weighted by Crippen LogP contribution is -2.44. The Labute approximate surface area is 114 Å². The maximum Gasteiger partial charge on any atom is 0.112 e. The summed E-state index contributed by atoms with van der Waals surface area (Å²) < 4.78 is 0. The molecule has 0 aliphatic carbocycles. The van der Waals surface area contributed by atoms with Gasteiger partial charge in [-0.3, -0.25) is 4.90 Å². The van der Waals surface area contributed by atoms with Crippen molar-refractivity contribution in [3.8, 4) is 0 Å². The minimum atomic E-state index is 0.463. The highest BCUT2D eigenvalue weighted by Crippen LogP contribution is 2.29. The van der Waals surface area contributed by atoms with Gasteiger partial charge in [-0.2, -0.15) is 0 Å². The molecule has 0 aromatic carbocycles. The molecule has 2 heterocycles. The third-order valence-electron chi connectivity index (χ3n) is 3.60. The second-order valence-electron chi connectivity index (χ2n) is 5.06. The van der Waals surface area contributed by atoms with E-state index in [-0.39, 0.29) is 0 Å². The second-order valence-corrected chi connectivity index (χ2v) is 6.18. The van der Waals surface area contributed by atoms with Crippen LogP contribution in [0.3, 0.4) is 0 Å². The quantitative estimate of drug-likeness (QED) is 0.893. The van der Waals surface area contributed by atoms with Gasteiger partial charge in [0, 0.05) is 31.1 Å². The molecule has 1 fully saturated rings. The third-order valence-corrected chi connectivity index (χ3v) is 4.80. The Bertz CT molecular complexity index is 390. The smallest absolute Gasteiger partial charge is 0.112 e. The van der Waals surface area contributed by atoms with Gasteiger partial charge in [0.05, 0.1) is 11.7 Å². The molecule has 0 radical (unpaired) electrons. The Morgan fingerprint density at radius 1 is 1.39 bits per heavy atom. The van der Waals surface area contributed by atoms with Crippen molar-refractivity contribution in [1.29, 1.82) is 0 Å². The molecule has 1 atom stereocenters. The van der Waals surface area contributed by atoms with Gasteiger partial charge in [-0.25, -0.2) is 4.98 Å². The molecule has 0 spiro atoms. The molecule has 1 saturated heterocycles. The summed E-state index contributed by atoms with van der Waals surface area (Å²) in [6.45, 7) is 6.50. The molecule has 18 heavy (non-hydrogen) atoms. The largest absolute Gasteiger partial charge is 0.315 e. The molecular formula is C13H24N4S. The monoisotopic (exact) mass is 268 g/mol. The molecule has 0 saturated carbocycles. The fourth-order valence-electron chi connectivity index (χ4n) is 2.40. The first-order valence-corrected chi connectivity index (χ1v) is 7.49. The summed E-state index contributed by atoms with van der Waals surface area (Å²) in [5.41, 5.74) is 1.27. The van der Waals surface area contributed by atoms with Crippen molar-refractivity contribution in [2.75, 3.05) is 40.8 Å². The van der Waals surface area contributed by atoms with Gasteiger partial charge in [0.1, 0.15) is 5.01 Å². The Hall–Kier alpha value is -0.490. The zero-order chi connectivity index (χ0) is 13.1. The minimum absolute atomic E-state index is 0.463. The maximum absolute atomic E-state index is 4.87. The van der Waals surface area contributed by atoms with E-state index in [9.17, 15) is 0 Å². The van der Waals surface area contributed by atoms with Crippen LogP contribution in [0.5, 0.6) is 0 Å². The predicted molar refractivity (Wildman–Crippen MR) is 77.1 cm³/mol. The lowest BCUT2D eigenvalue weighted by molar-refractivity contribution is 0.115. The standard InChI is InChI=1S/C13H24N4S/c1-5-10-12(8-14-2)18-13(15-10)11-9-16(3)6-7-17(11)4/h11,14H,5-9H2,1-4H3. The van der Waals surface area contributed by atoms with Crippen molar-refractivity contribution < 1.29 is 0 Å². The zero-order valence-corrected chi connectivity index (χ0v) is 12.7. The molecule has 0 amide bonds. The lowest BCUT2D eigenvalue weighted by atomic mass is 10.2. The van der Waals surface area contributed by atoms with Gasteiger partial charge in [0.25, 0.3) is 0 Å². The molecular weight excluding hydrogens is 244 g/mol. The van der Waals surface area contributed by atoms with Crippen LogP contribution in [0.4, 0.5) is 0 Å². The van der Waals surface area contributed by atoms with E-state index in [1.807, 2.05) is 18.4 Å². The first-order chi connectivity index (χ1) is 8.65. The van der Waals surface area contributed by atoms with E-state index in [4.69, 9.17) is 4.98 Å². The van der Waals surface area contributed by atoms with E-state index in [2.05, 4.69) is 36.1 Å². The second kappa shape index (κ2) is 6.10. The van der Waals surface area contributed by atoms with Crippen LogP contribution in [0, 0.1) is 0 Å². The van der Waals surface area contributed by atoms with Crippen molar-refractivity contribution in [1.82, 2.24) is 20.1 Å². The highest BCUT2D eigenvalue weighted by atomic mass is 32.1. The molecule has 1 N–H and O–H groups in total. The lowest BCUT2D eigenvalue weighted by Gasteiger charge is -2.36. The Morgan fingerprint density at radius 3 is 2.83 bits per heavy atom. The fraction of sp³-hybridized carbons (Fsp3) is 0.769. The molecule has 1 aromatic heterocycles. The average Bonchev–Trinajstić information content (AvgIpc) is 2.76. The van der Waals surface area contributed by atoms with E-state index in [0.29, 0.717) is 6.04 Å². The Morgan fingerprint density at radius 2 is 2.17 bits per heavy atom. The van der Waals surface area contributed by atoms with Crippen molar-refractivity contribution in [2.45, 2.75) is 25.9 Å². The van der Waals surface area contributed by atoms with Gasteiger partial charge >= 0.3 is 0 Å². The molecule has 1 unspecified atom stereocenters. The van der Waals surface area contributed by atoms with Crippen molar-refractivity contribution >= 4 is 11.3 Å². The van der Waals surface area contributed by atoms with Gasteiger partial charge in [-0.15, -0.1) is 11.3 Å². The van der Waals surface area contributed by atoms with Crippen molar-refractivity contribution in [2.24, 2.45) is 0 Å². The number of nitrogens with one attached hydrogen (secondary N) is 1. The van der Waals surface area contributed by atoms with Crippen LogP contribution in [0.15, 0.2) is 0 Å². The van der Waals surface area contributed by atoms with Crippen LogP contribution in [0.2, 0.25) is 0 Å². The summed E-state index contributed by atoms with van der Waals surface area (Å²) in [4.78, 5) is 11.1. The molecule has 4 nitrogen and oxygen atoms in total. The Kier molecular flexibility index (Phi) is 4.72. The Balaban J connectivity index is 2.21. The van der Waals surface area contributed by atoms with Crippen molar-refractivity contribution in [3.63, 3.8) is 0 Å². The number of hydrogen-bond acceptors (Lipinski definition) is 5. The zero-order valence-electron chi connectivity index (χ0n) is 11.9. The van der Waals surface area contributed by atoms with Gasteiger partial charge in [0.15, 0.2) is 0 Å². The van der Waals surface area contributed by atoms with Crippen LogP contribution < -0.4 is 5.32 Å². The number of piperazine rings is 1. The third kappa shape index (κ3) is 2.91. The SMILES string of the molecule is CCc1nc(C2CN(C)CCN2C)sc1CNC. The summed E-state index contributed by atoms with van der Waals surface area (Å²) >= 11 is 1.88. The highest BCUT2D eigenvalue weighted by Gasteiger charge is 2.27. The molecule has 0 bridgehead atoms. The topological polar surface area (TPSA) is 31.4 Å². The van der Waals surface area contributed by atoms with E-state index >= 15 is 0 Å². The van der Waals surface area contributed by atoms with Gasteiger partial charge in [0.2, 0.25) is 0 Å². The first-order valence-electron chi connectivity index (χ1n) is 6.67. The number of thiazole rings is 1. The summed E-state index contributed by atoms with van der Waals surface area (Å²) in [7, 11) is 6.41. The van der Waals surface area contributed by atoms with Gasteiger partial charge < -0.3 is 10.2 Å². The predicted octanol–water partition coefficient (Wildman–Crippen LogP) is 1.34. The fourth-order valence-corrected chi connectivity index (χ4v) is 3.72. The van der Waals surface area contributed by atoms with Crippen LogP contribution in [0.25, 0.3) is 0 Å². The van der Waals surface area contributed by atoms with Crippen LogP contribution in [0.1, 0.15) is 28.5 Å². The number of rotatable bonds is 4. The minimum Gasteiger partial charge on any atom is -0.315 e. The van der Waals surface area contributed by atoms with Crippen LogP contribution in [-0.4, -0.2) is 55.6 Å². The average molecular weight is 268 g/mol. The summed E-state index contributed by atoms with van der Waals surface area (Å²) in [6.07, 6.45) is 1.03. The molecule has 1 aliphatic heterocycles. The first kappa shape index (κ1) is 13.9. The highest BCUT2D eigenvalue weighted by molar-refractivity contribution is 7.11. The van der Waals surface area contributed by atoms with E-state index in [1.165, 1.54) is 15.6 Å². The number of aromatic nitrogens is 1. The summed E-state index contributed by atoms with van der Waals surface area (Å²) in [6, 6.07) is 0.463. The van der Waals surface area contributed by atoms with Gasteiger partial charge in [-0.05, 0) is 27.6 Å². The summed E-state index contributed by atoms with van der Waals surface area (Å²) in [5, 5.41) is 4.52. The van der Waals surface area contributed by atoms with E-state index in [0.717, 1.165) is 32.6 Å². The number of aryl methyl sites for hydroxylation is 1. The van der Waals surface area contributed by atoms with Gasteiger partial charge in [-0.1, -0.05) is 6.92 Å². The normalized spacial score (nSPS) is 22.6. The number of hydrogen-bond donors (Lipinski definition) is 1. The van der Waals surface area contributed by atoms with E-state index < -0.39 is 0 Å². The van der Waals surface area contributed by atoms with Crippen LogP contribution >= 0.6 is 11.3 Å². The molecule has 1 aromatic rings.